The van der Waals surface area contributed by atoms with Crippen LogP contribution < -0.4 is 10.5 Å². The summed E-state index contributed by atoms with van der Waals surface area (Å²) in [6, 6.07) is 0. The second kappa shape index (κ2) is 7.27. The molecule has 7 heteroatoms. The zero-order valence-electron chi connectivity index (χ0n) is 10.6. The molecule has 0 unspecified atom stereocenters. The third-order valence-electron chi connectivity index (χ3n) is 2.87. The fourth-order valence-corrected chi connectivity index (χ4v) is 3.25. The first kappa shape index (κ1) is 14.8. The van der Waals surface area contributed by atoms with Crippen molar-refractivity contribution in [2.75, 3.05) is 45.8 Å². The summed E-state index contributed by atoms with van der Waals surface area (Å²) < 4.78 is 28.0. The summed E-state index contributed by atoms with van der Waals surface area (Å²) in [4.78, 5) is 2.22. The van der Waals surface area contributed by atoms with Gasteiger partial charge in [-0.05, 0) is 19.4 Å². The molecule has 0 atom stereocenters. The van der Waals surface area contributed by atoms with Gasteiger partial charge in [-0.1, -0.05) is 6.92 Å². The average Bonchev–Trinajstić information content (AvgIpc) is 2.53. The summed E-state index contributed by atoms with van der Waals surface area (Å²) in [5, 5.41) is 0. The first-order valence-electron chi connectivity index (χ1n) is 6.27. The molecule has 1 fully saturated rings. The molecule has 0 saturated carbocycles. The monoisotopic (exact) mass is 264 g/mol. The minimum Gasteiger partial charge on any atom is -0.329 e. The van der Waals surface area contributed by atoms with E-state index in [9.17, 15) is 8.42 Å². The molecule has 0 amide bonds. The van der Waals surface area contributed by atoms with Crippen molar-refractivity contribution in [3.05, 3.63) is 0 Å². The van der Waals surface area contributed by atoms with Crippen molar-refractivity contribution in [3.63, 3.8) is 0 Å². The fraction of sp³-hybridized carbons (Fsp3) is 1.00. The highest BCUT2D eigenvalue weighted by molar-refractivity contribution is 7.87. The highest BCUT2D eigenvalue weighted by atomic mass is 32.2. The van der Waals surface area contributed by atoms with Gasteiger partial charge in [0.25, 0.3) is 10.2 Å². The number of nitrogens with zero attached hydrogens (tertiary/aromatic N) is 2. The Hall–Kier alpha value is -0.210. The van der Waals surface area contributed by atoms with Crippen LogP contribution in [0.5, 0.6) is 0 Å². The predicted octanol–water partition coefficient (Wildman–Crippen LogP) is -0.803. The largest absolute Gasteiger partial charge is 0.329 e. The van der Waals surface area contributed by atoms with Gasteiger partial charge >= 0.3 is 0 Å². The first-order valence-corrected chi connectivity index (χ1v) is 7.71. The molecule has 1 heterocycles. The highest BCUT2D eigenvalue weighted by Crippen LogP contribution is 2.06. The Morgan fingerprint density at radius 1 is 1.24 bits per heavy atom. The summed E-state index contributed by atoms with van der Waals surface area (Å²) >= 11 is 0. The standard InChI is InChI=1S/C10H24N4O2S/c1-2-5-12-17(15,16)14-7-3-6-13(8-4-11)9-10-14/h12H,2-11H2,1H3. The van der Waals surface area contributed by atoms with E-state index in [1.807, 2.05) is 6.92 Å². The second-order valence-corrected chi connectivity index (χ2v) is 6.04. The molecule has 0 radical (unpaired) electrons. The van der Waals surface area contributed by atoms with Gasteiger partial charge in [0.2, 0.25) is 0 Å². The maximum Gasteiger partial charge on any atom is 0.279 e. The Morgan fingerprint density at radius 2 is 2.00 bits per heavy atom. The van der Waals surface area contributed by atoms with Gasteiger partial charge in [0, 0.05) is 39.3 Å². The van der Waals surface area contributed by atoms with E-state index in [1.54, 1.807) is 4.31 Å². The van der Waals surface area contributed by atoms with Gasteiger partial charge < -0.3 is 10.6 Å². The summed E-state index contributed by atoms with van der Waals surface area (Å²) in [5.41, 5.74) is 5.51. The van der Waals surface area contributed by atoms with Crippen LogP contribution in [0, 0.1) is 0 Å². The molecule has 102 valence electrons. The van der Waals surface area contributed by atoms with Gasteiger partial charge in [0.05, 0.1) is 0 Å². The molecular weight excluding hydrogens is 240 g/mol. The summed E-state index contributed by atoms with van der Waals surface area (Å²) in [6.45, 7) is 6.77. The van der Waals surface area contributed by atoms with Crippen molar-refractivity contribution in [2.24, 2.45) is 5.73 Å². The van der Waals surface area contributed by atoms with E-state index in [0.717, 1.165) is 32.5 Å². The highest BCUT2D eigenvalue weighted by Gasteiger charge is 2.23. The van der Waals surface area contributed by atoms with Crippen LogP contribution in [0.15, 0.2) is 0 Å². The van der Waals surface area contributed by atoms with Crippen LogP contribution in [-0.2, 0) is 10.2 Å². The zero-order chi connectivity index (χ0) is 12.7. The molecule has 1 saturated heterocycles. The second-order valence-electron chi connectivity index (χ2n) is 4.28. The van der Waals surface area contributed by atoms with Crippen molar-refractivity contribution in [1.29, 1.82) is 0 Å². The molecule has 0 bridgehead atoms. The Bertz CT molecular complexity index is 307. The molecular formula is C10H24N4O2S. The maximum atomic E-state index is 11.9. The Balaban J connectivity index is 2.50. The molecule has 0 aromatic carbocycles. The molecule has 0 aromatic heterocycles. The van der Waals surface area contributed by atoms with Gasteiger partial charge in [-0.25, -0.2) is 4.72 Å². The molecule has 3 N–H and O–H groups in total. The van der Waals surface area contributed by atoms with Crippen LogP contribution in [0.4, 0.5) is 0 Å². The van der Waals surface area contributed by atoms with Crippen LogP contribution in [-0.4, -0.2) is 63.4 Å². The maximum absolute atomic E-state index is 11.9. The minimum atomic E-state index is -3.28. The molecule has 17 heavy (non-hydrogen) atoms. The van der Waals surface area contributed by atoms with Gasteiger partial charge in [-0.15, -0.1) is 0 Å². The predicted molar refractivity (Wildman–Crippen MR) is 68.9 cm³/mol. The van der Waals surface area contributed by atoms with Gasteiger partial charge in [-0.2, -0.15) is 12.7 Å². The van der Waals surface area contributed by atoms with Crippen LogP contribution in [0.1, 0.15) is 19.8 Å². The van der Waals surface area contributed by atoms with Crippen molar-refractivity contribution in [2.45, 2.75) is 19.8 Å². The van der Waals surface area contributed by atoms with E-state index in [4.69, 9.17) is 5.73 Å². The molecule has 1 aliphatic heterocycles. The number of nitrogens with two attached hydrogens (primary N) is 1. The number of hydrogen-bond acceptors (Lipinski definition) is 4. The molecule has 0 spiro atoms. The van der Waals surface area contributed by atoms with Crippen LogP contribution in [0.25, 0.3) is 0 Å². The van der Waals surface area contributed by atoms with E-state index >= 15 is 0 Å². The minimum absolute atomic E-state index is 0.505. The lowest BCUT2D eigenvalue weighted by Crippen LogP contribution is -2.43. The first-order chi connectivity index (χ1) is 8.10. The van der Waals surface area contributed by atoms with Crippen molar-refractivity contribution in [3.8, 4) is 0 Å². The summed E-state index contributed by atoms with van der Waals surface area (Å²) in [7, 11) is -3.28. The number of rotatable bonds is 6. The SMILES string of the molecule is CCCNS(=O)(=O)N1CCCN(CCN)CC1. The quantitative estimate of drug-likeness (QED) is 0.658. The van der Waals surface area contributed by atoms with E-state index in [1.165, 1.54) is 0 Å². The summed E-state index contributed by atoms with van der Waals surface area (Å²) in [6.07, 6.45) is 1.68. The third-order valence-corrected chi connectivity index (χ3v) is 4.48. The number of nitrogens with one attached hydrogen (secondary N) is 1. The van der Waals surface area contributed by atoms with Crippen molar-refractivity contribution in [1.82, 2.24) is 13.9 Å². The molecule has 1 rings (SSSR count). The van der Waals surface area contributed by atoms with Crippen LogP contribution in [0.2, 0.25) is 0 Å². The molecule has 6 nitrogen and oxygen atoms in total. The lowest BCUT2D eigenvalue weighted by atomic mass is 10.4. The van der Waals surface area contributed by atoms with Gasteiger partial charge in [0.15, 0.2) is 0 Å². The van der Waals surface area contributed by atoms with E-state index in [0.29, 0.717) is 26.2 Å². The third kappa shape index (κ3) is 4.89. The Kier molecular flexibility index (Phi) is 6.35. The normalized spacial score (nSPS) is 20.4. The fourth-order valence-electron chi connectivity index (χ4n) is 1.92. The van der Waals surface area contributed by atoms with E-state index in [2.05, 4.69) is 9.62 Å². The van der Waals surface area contributed by atoms with E-state index < -0.39 is 10.2 Å². The van der Waals surface area contributed by atoms with Crippen LogP contribution in [0.3, 0.4) is 0 Å². The summed E-state index contributed by atoms with van der Waals surface area (Å²) in [5.74, 6) is 0. The average molecular weight is 264 g/mol. The Morgan fingerprint density at radius 3 is 2.65 bits per heavy atom. The molecule has 0 aromatic rings. The lowest BCUT2D eigenvalue weighted by Gasteiger charge is -2.21. The topological polar surface area (TPSA) is 78.7 Å². The van der Waals surface area contributed by atoms with Crippen molar-refractivity contribution >= 4 is 10.2 Å². The Labute approximate surface area is 104 Å². The van der Waals surface area contributed by atoms with E-state index in [-0.39, 0.29) is 0 Å². The smallest absolute Gasteiger partial charge is 0.279 e. The van der Waals surface area contributed by atoms with Crippen molar-refractivity contribution < 1.29 is 8.42 Å². The van der Waals surface area contributed by atoms with Crippen LogP contribution >= 0.6 is 0 Å². The molecule has 0 aliphatic carbocycles. The number of hydrogen-bond donors (Lipinski definition) is 2. The molecule has 1 aliphatic rings. The lowest BCUT2D eigenvalue weighted by molar-refractivity contribution is 0.294. The van der Waals surface area contributed by atoms with Gasteiger partial charge in [-0.3, -0.25) is 0 Å². The van der Waals surface area contributed by atoms with Gasteiger partial charge in [0.1, 0.15) is 0 Å². The zero-order valence-corrected chi connectivity index (χ0v) is 11.4.